The van der Waals surface area contributed by atoms with Crippen LogP contribution in [0.5, 0.6) is 0 Å². The smallest absolute Gasteiger partial charge is 0.164 e. The lowest BCUT2D eigenvalue weighted by Gasteiger charge is -2.15. The zero-order valence-corrected chi connectivity index (χ0v) is 12.7. The van der Waals surface area contributed by atoms with Crippen molar-refractivity contribution >= 4 is 28.8 Å². The Kier molecular flexibility index (Phi) is 4.29. The molecule has 0 saturated carbocycles. The molecule has 2 aromatic heterocycles. The number of nitrogens with two attached hydrogens (primary N) is 1. The van der Waals surface area contributed by atoms with Crippen LogP contribution in [0.4, 0.5) is 11.6 Å². The van der Waals surface area contributed by atoms with E-state index in [0.717, 1.165) is 35.5 Å². The largest absolute Gasteiger partial charge is 0.389 e. The highest BCUT2D eigenvalue weighted by atomic mass is 32.1. The zero-order chi connectivity index (χ0) is 14.7. The van der Waals surface area contributed by atoms with Crippen LogP contribution in [-0.4, -0.2) is 25.0 Å². The van der Waals surface area contributed by atoms with Gasteiger partial charge in [-0.3, -0.25) is 4.68 Å². The van der Waals surface area contributed by atoms with E-state index < -0.39 is 0 Å². The predicted molar refractivity (Wildman–Crippen MR) is 83.2 cm³/mol. The molecule has 0 saturated heterocycles. The molecule has 0 unspecified atom stereocenters. The second kappa shape index (κ2) is 5.96. The summed E-state index contributed by atoms with van der Waals surface area (Å²) in [6.45, 7) is 4.10. The molecule has 0 aliphatic rings. The van der Waals surface area contributed by atoms with Crippen LogP contribution in [-0.2, 0) is 19.9 Å². The van der Waals surface area contributed by atoms with E-state index in [4.69, 9.17) is 18.0 Å². The molecule has 0 fully saturated rings. The van der Waals surface area contributed by atoms with Gasteiger partial charge < -0.3 is 11.1 Å². The molecule has 3 N–H and O–H groups in total. The molecule has 0 bridgehead atoms. The fourth-order valence-corrected chi connectivity index (χ4v) is 2.36. The van der Waals surface area contributed by atoms with E-state index in [1.54, 1.807) is 10.9 Å². The summed E-state index contributed by atoms with van der Waals surface area (Å²) >= 11 is 5.19. The van der Waals surface area contributed by atoms with Gasteiger partial charge in [-0.15, -0.1) is 5.10 Å². The average Bonchev–Trinajstić information content (AvgIpc) is 2.83. The number of hydrogen-bond donors (Lipinski definition) is 2. The number of thiocarbonyl (C=S) groups is 1. The van der Waals surface area contributed by atoms with Crippen LogP contribution in [0.2, 0.25) is 0 Å². The Hall–Kier alpha value is -2.02. The maximum atomic E-state index is 5.88. The van der Waals surface area contributed by atoms with Crippen molar-refractivity contribution in [1.29, 1.82) is 0 Å². The van der Waals surface area contributed by atoms with E-state index in [0.29, 0.717) is 10.8 Å². The molecule has 0 atom stereocenters. The molecule has 0 aromatic carbocycles. The van der Waals surface area contributed by atoms with Crippen molar-refractivity contribution in [3.05, 3.63) is 29.1 Å². The van der Waals surface area contributed by atoms with E-state index in [2.05, 4.69) is 27.5 Å². The highest BCUT2D eigenvalue weighted by Crippen LogP contribution is 2.23. The number of nitrogens with one attached hydrogen (secondary N) is 1. The van der Waals surface area contributed by atoms with Gasteiger partial charge in [-0.2, -0.15) is 10.2 Å². The topological polar surface area (TPSA) is 81.7 Å². The summed E-state index contributed by atoms with van der Waals surface area (Å²) in [6.07, 6.45) is 3.32. The maximum Gasteiger partial charge on any atom is 0.164 e. The monoisotopic (exact) mass is 290 g/mol. The van der Waals surface area contributed by atoms with Crippen molar-refractivity contribution in [2.45, 2.75) is 26.7 Å². The van der Waals surface area contributed by atoms with E-state index in [1.165, 1.54) is 0 Å². The number of rotatable bonds is 5. The Bertz CT molecular complexity index is 634. The highest BCUT2D eigenvalue weighted by Gasteiger charge is 2.17. The Morgan fingerprint density at radius 1 is 1.35 bits per heavy atom. The third-order valence-corrected chi connectivity index (χ3v) is 3.36. The molecule has 2 aromatic rings. The normalized spacial score (nSPS) is 10.6. The van der Waals surface area contributed by atoms with Crippen LogP contribution >= 0.6 is 12.2 Å². The van der Waals surface area contributed by atoms with Crippen LogP contribution in [0.3, 0.4) is 0 Å². The molecule has 106 valence electrons. The van der Waals surface area contributed by atoms with Crippen LogP contribution < -0.4 is 11.1 Å². The van der Waals surface area contributed by atoms with Crippen molar-refractivity contribution in [2.24, 2.45) is 12.8 Å². The lowest BCUT2D eigenvalue weighted by molar-refractivity contribution is 0.774. The molecule has 0 radical (unpaired) electrons. The third kappa shape index (κ3) is 2.62. The van der Waals surface area contributed by atoms with Crippen LogP contribution in [0.25, 0.3) is 0 Å². The minimum atomic E-state index is 0.330. The van der Waals surface area contributed by atoms with E-state index in [1.807, 2.05) is 20.0 Å². The zero-order valence-electron chi connectivity index (χ0n) is 11.8. The Balaban J connectivity index is 2.53. The summed E-state index contributed by atoms with van der Waals surface area (Å²) in [7, 11) is 1.84. The second-order valence-electron chi connectivity index (χ2n) is 4.39. The first-order chi connectivity index (χ1) is 9.58. The second-order valence-corrected chi connectivity index (χ2v) is 4.83. The molecule has 7 heteroatoms. The molecule has 2 rings (SSSR count). The third-order valence-electron chi connectivity index (χ3n) is 3.16. The standard InChI is InChI=1S/C13H18N6S/c1-4-8-9(5-2)17-18-13(11(8)12(14)20)16-10-6-7-15-19(10)3/h6-7H,4-5H2,1-3H3,(H2,14,20)(H,16,18). The number of aromatic nitrogens is 4. The minimum absolute atomic E-state index is 0.330. The van der Waals surface area contributed by atoms with Gasteiger partial charge in [0.1, 0.15) is 10.8 Å². The maximum absolute atomic E-state index is 5.88. The molecule has 0 spiro atoms. The van der Waals surface area contributed by atoms with Gasteiger partial charge in [-0.1, -0.05) is 26.1 Å². The number of anilines is 2. The van der Waals surface area contributed by atoms with E-state index in [9.17, 15) is 0 Å². The predicted octanol–water partition coefficient (Wildman–Crippen LogP) is 1.71. The molecule has 0 aliphatic heterocycles. The summed E-state index contributed by atoms with van der Waals surface area (Å²) in [5.74, 6) is 1.39. The fraction of sp³-hybridized carbons (Fsp3) is 0.385. The van der Waals surface area contributed by atoms with Gasteiger partial charge in [-0.05, 0) is 18.4 Å². The first kappa shape index (κ1) is 14.4. The molecular formula is C13H18N6S. The SMILES string of the molecule is CCc1nnc(Nc2ccnn2C)c(C(N)=S)c1CC. The lowest BCUT2D eigenvalue weighted by Crippen LogP contribution is -2.19. The molecule has 0 amide bonds. The Morgan fingerprint density at radius 2 is 2.10 bits per heavy atom. The van der Waals surface area contributed by atoms with Crippen LogP contribution in [0.15, 0.2) is 12.3 Å². The van der Waals surface area contributed by atoms with E-state index >= 15 is 0 Å². The Labute approximate surface area is 123 Å². The molecule has 0 aliphatic carbocycles. The highest BCUT2D eigenvalue weighted by molar-refractivity contribution is 7.80. The van der Waals surface area contributed by atoms with Gasteiger partial charge in [-0.25, -0.2) is 0 Å². The van der Waals surface area contributed by atoms with Gasteiger partial charge in [0, 0.05) is 13.1 Å². The first-order valence-corrected chi connectivity index (χ1v) is 6.92. The van der Waals surface area contributed by atoms with Gasteiger partial charge in [0.2, 0.25) is 0 Å². The number of hydrogen-bond acceptors (Lipinski definition) is 5. The van der Waals surface area contributed by atoms with Crippen molar-refractivity contribution in [1.82, 2.24) is 20.0 Å². The van der Waals surface area contributed by atoms with Gasteiger partial charge in [0.25, 0.3) is 0 Å². The summed E-state index contributed by atoms with van der Waals surface area (Å²) in [5, 5.41) is 15.8. The average molecular weight is 290 g/mol. The van der Waals surface area contributed by atoms with Crippen molar-refractivity contribution < 1.29 is 0 Å². The summed E-state index contributed by atoms with van der Waals surface area (Å²) in [5.41, 5.74) is 8.65. The quantitative estimate of drug-likeness (QED) is 0.816. The number of nitrogens with zero attached hydrogens (tertiary/aromatic N) is 4. The number of aryl methyl sites for hydroxylation is 2. The van der Waals surface area contributed by atoms with E-state index in [-0.39, 0.29) is 0 Å². The molecular weight excluding hydrogens is 272 g/mol. The first-order valence-electron chi connectivity index (χ1n) is 6.51. The van der Waals surface area contributed by atoms with Gasteiger partial charge in [0.05, 0.1) is 17.5 Å². The van der Waals surface area contributed by atoms with Crippen LogP contribution in [0, 0.1) is 0 Å². The molecule has 2 heterocycles. The van der Waals surface area contributed by atoms with Crippen molar-refractivity contribution in [3.63, 3.8) is 0 Å². The Morgan fingerprint density at radius 3 is 2.60 bits per heavy atom. The van der Waals surface area contributed by atoms with Crippen molar-refractivity contribution in [3.8, 4) is 0 Å². The summed E-state index contributed by atoms with van der Waals surface area (Å²) in [4.78, 5) is 0.330. The van der Waals surface area contributed by atoms with Gasteiger partial charge >= 0.3 is 0 Å². The van der Waals surface area contributed by atoms with Crippen molar-refractivity contribution in [2.75, 3.05) is 5.32 Å². The molecule has 6 nitrogen and oxygen atoms in total. The van der Waals surface area contributed by atoms with Gasteiger partial charge in [0.15, 0.2) is 5.82 Å². The minimum Gasteiger partial charge on any atom is -0.389 e. The lowest BCUT2D eigenvalue weighted by atomic mass is 10.0. The summed E-state index contributed by atoms with van der Waals surface area (Å²) in [6, 6.07) is 1.85. The molecule has 20 heavy (non-hydrogen) atoms. The fourth-order valence-electron chi connectivity index (χ4n) is 2.14. The summed E-state index contributed by atoms with van der Waals surface area (Å²) < 4.78 is 1.71. The van der Waals surface area contributed by atoms with Crippen LogP contribution in [0.1, 0.15) is 30.7 Å².